The molecule has 0 radical (unpaired) electrons. The summed E-state index contributed by atoms with van der Waals surface area (Å²) >= 11 is 0. The molecule has 0 aliphatic carbocycles. The van der Waals surface area contributed by atoms with Gasteiger partial charge in [-0.1, -0.05) is 18.2 Å². The van der Waals surface area contributed by atoms with Gasteiger partial charge in [0.05, 0.1) is 13.5 Å². The topological polar surface area (TPSA) is 78.6 Å². The van der Waals surface area contributed by atoms with Crippen molar-refractivity contribution in [1.82, 2.24) is 0 Å². The van der Waals surface area contributed by atoms with Gasteiger partial charge >= 0.3 is 5.97 Å². The minimum atomic E-state index is -0.528. The zero-order valence-corrected chi connectivity index (χ0v) is 12.5. The lowest BCUT2D eigenvalue weighted by Gasteiger charge is -2.07. The monoisotopic (exact) mass is 317 g/mol. The number of hydrogen-bond acceptors (Lipinski definition) is 4. The first-order valence-corrected chi connectivity index (χ1v) is 6.86. The minimum absolute atomic E-state index is 0.0414. The summed E-state index contributed by atoms with van der Waals surface area (Å²) < 4.78 is 23.5. The summed E-state index contributed by atoms with van der Waals surface area (Å²) in [6.45, 7) is 0.0660. The highest BCUT2D eigenvalue weighted by Crippen LogP contribution is 2.18. The van der Waals surface area contributed by atoms with E-state index in [1.165, 1.54) is 19.2 Å². The highest BCUT2D eigenvalue weighted by molar-refractivity contribution is 5.92. The third kappa shape index (κ3) is 4.54. The van der Waals surface area contributed by atoms with Crippen molar-refractivity contribution < 1.29 is 23.5 Å². The number of primary amides is 1. The predicted molar refractivity (Wildman–Crippen MR) is 81.4 cm³/mol. The van der Waals surface area contributed by atoms with Gasteiger partial charge in [-0.2, -0.15) is 0 Å². The fourth-order valence-electron chi connectivity index (χ4n) is 1.97. The molecule has 0 aliphatic heterocycles. The van der Waals surface area contributed by atoms with Crippen LogP contribution in [0.1, 0.15) is 21.5 Å². The van der Waals surface area contributed by atoms with Crippen LogP contribution >= 0.6 is 0 Å². The summed E-state index contributed by atoms with van der Waals surface area (Å²) in [5.41, 5.74) is 6.75. The molecule has 23 heavy (non-hydrogen) atoms. The summed E-state index contributed by atoms with van der Waals surface area (Å²) in [7, 11) is 1.37. The number of nitrogens with two attached hydrogens (primary N) is 1. The summed E-state index contributed by atoms with van der Waals surface area (Å²) in [6.07, 6.45) is -0.0414. The fourth-order valence-corrected chi connectivity index (χ4v) is 1.97. The summed E-state index contributed by atoms with van der Waals surface area (Å²) in [5, 5.41) is 0. The maximum atomic E-state index is 13.5. The zero-order valence-electron chi connectivity index (χ0n) is 12.5. The second kappa shape index (κ2) is 7.40. The molecule has 0 aliphatic rings. The van der Waals surface area contributed by atoms with E-state index in [1.807, 2.05) is 0 Å². The molecule has 5 nitrogen and oxygen atoms in total. The Kier molecular flexibility index (Phi) is 5.30. The molecule has 2 aromatic rings. The van der Waals surface area contributed by atoms with Crippen LogP contribution in [0.25, 0.3) is 0 Å². The Morgan fingerprint density at radius 1 is 1.09 bits per heavy atom. The second-order valence-electron chi connectivity index (χ2n) is 4.87. The van der Waals surface area contributed by atoms with Gasteiger partial charge in [-0.05, 0) is 35.4 Å². The van der Waals surface area contributed by atoms with Gasteiger partial charge < -0.3 is 15.2 Å². The lowest BCUT2D eigenvalue weighted by atomic mass is 10.1. The summed E-state index contributed by atoms with van der Waals surface area (Å²) in [5.74, 6) is -1.40. The highest BCUT2D eigenvalue weighted by Gasteiger charge is 2.09. The standard InChI is InChI=1S/C17H16FNO4/c1-22-15-7-4-12(8-14(15)18)9-16(20)23-10-11-2-5-13(6-3-11)17(19)21/h2-8H,9-10H2,1H3,(H2,19,21). The van der Waals surface area contributed by atoms with E-state index in [9.17, 15) is 14.0 Å². The maximum absolute atomic E-state index is 13.5. The predicted octanol–water partition coefficient (Wildman–Crippen LogP) is 2.22. The van der Waals surface area contributed by atoms with Crippen LogP contribution in [0.5, 0.6) is 5.75 Å². The van der Waals surface area contributed by atoms with Gasteiger partial charge in [0, 0.05) is 5.56 Å². The van der Waals surface area contributed by atoms with E-state index in [4.69, 9.17) is 15.2 Å². The van der Waals surface area contributed by atoms with E-state index in [-0.39, 0.29) is 18.8 Å². The van der Waals surface area contributed by atoms with Gasteiger partial charge in [0.25, 0.3) is 0 Å². The van der Waals surface area contributed by atoms with Crippen LogP contribution in [-0.4, -0.2) is 19.0 Å². The Labute approximate surface area is 132 Å². The number of hydrogen-bond donors (Lipinski definition) is 1. The number of rotatable bonds is 6. The van der Waals surface area contributed by atoms with Crippen molar-refractivity contribution >= 4 is 11.9 Å². The molecule has 0 atom stereocenters. The molecule has 0 aromatic heterocycles. The Morgan fingerprint density at radius 3 is 2.30 bits per heavy atom. The Balaban J connectivity index is 1.89. The Hall–Kier alpha value is -2.89. The first-order valence-electron chi connectivity index (χ1n) is 6.86. The third-order valence-corrected chi connectivity index (χ3v) is 3.20. The van der Waals surface area contributed by atoms with Crippen LogP contribution in [0.3, 0.4) is 0 Å². The second-order valence-corrected chi connectivity index (χ2v) is 4.87. The number of methoxy groups -OCH3 is 1. The van der Waals surface area contributed by atoms with E-state index in [0.717, 1.165) is 5.56 Å². The van der Waals surface area contributed by atoms with E-state index in [2.05, 4.69) is 0 Å². The van der Waals surface area contributed by atoms with Crippen LogP contribution in [0, 0.1) is 5.82 Å². The van der Waals surface area contributed by atoms with Crippen molar-refractivity contribution in [2.24, 2.45) is 5.73 Å². The molecule has 0 heterocycles. The van der Waals surface area contributed by atoms with Crippen LogP contribution < -0.4 is 10.5 Å². The van der Waals surface area contributed by atoms with Crippen molar-refractivity contribution in [2.75, 3.05) is 7.11 Å². The van der Waals surface area contributed by atoms with Gasteiger partial charge in [-0.3, -0.25) is 9.59 Å². The minimum Gasteiger partial charge on any atom is -0.494 e. The fraction of sp³-hybridized carbons (Fsp3) is 0.176. The molecule has 2 N–H and O–H groups in total. The average Bonchev–Trinajstić information content (AvgIpc) is 2.53. The normalized spacial score (nSPS) is 10.2. The number of carbonyl (C=O) groups is 2. The molecule has 0 spiro atoms. The van der Waals surface area contributed by atoms with Crippen molar-refractivity contribution in [3.63, 3.8) is 0 Å². The molecule has 6 heteroatoms. The van der Waals surface area contributed by atoms with Crippen molar-refractivity contribution in [1.29, 1.82) is 0 Å². The Bertz CT molecular complexity index is 713. The van der Waals surface area contributed by atoms with E-state index in [1.54, 1.807) is 30.3 Å². The quantitative estimate of drug-likeness (QED) is 0.829. The SMILES string of the molecule is COc1ccc(CC(=O)OCc2ccc(C(N)=O)cc2)cc1F. The molecule has 0 saturated heterocycles. The van der Waals surface area contributed by atoms with E-state index < -0.39 is 17.7 Å². The molecule has 0 unspecified atom stereocenters. The van der Waals surface area contributed by atoms with Crippen molar-refractivity contribution in [3.8, 4) is 5.75 Å². The van der Waals surface area contributed by atoms with Crippen molar-refractivity contribution in [2.45, 2.75) is 13.0 Å². The molecule has 2 rings (SSSR count). The number of esters is 1. The number of ether oxygens (including phenoxy) is 2. The molecule has 0 saturated carbocycles. The number of carbonyl (C=O) groups excluding carboxylic acids is 2. The molecule has 120 valence electrons. The molecule has 2 aromatic carbocycles. The van der Waals surface area contributed by atoms with E-state index >= 15 is 0 Å². The molecular weight excluding hydrogens is 301 g/mol. The van der Waals surface area contributed by atoms with Gasteiger partial charge in [0.15, 0.2) is 11.6 Å². The van der Waals surface area contributed by atoms with Gasteiger partial charge in [0.2, 0.25) is 5.91 Å². The number of amides is 1. The zero-order chi connectivity index (χ0) is 16.8. The Morgan fingerprint density at radius 2 is 1.74 bits per heavy atom. The largest absolute Gasteiger partial charge is 0.494 e. The van der Waals surface area contributed by atoms with Crippen LogP contribution in [0.4, 0.5) is 4.39 Å². The first-order chi connectivity index (χ1) is 11.0. The van der Waals surface area contributed by atoms with Gasteiger partial charge in [-0.15, -0.1) is 0 Å². The highest BCUT2D eigenvalue weighted by atomic mass is 19.1. The maximum Gasteiger partial charge on any atom is 0.310 e. The van der Waals surface area contributed by atoms with Gasteiger partial charge in [0.1, 0.15) is 6.61 Å². The van der Waals surface area contributed by atoms with Crippen LogP contribution in [-0.2, 0) is 22.6 Å². The van der Waals surface area contributed by atoms with Crippen molar-refractivity contribution in [3.05, 3.63) is 65.0 Å². The average molecular weight is 317 g/mol. The van der Waals surface area contributed by atoms with E-state index in [0.29, 0.717) is 11.1 Å². The molecule has 0 fully saturated rings. The first kappa shape index (κ1) is 16.5. The lowest BCUT2D eigenvalue weighted by Crippen LogP contribution is -2.11. The van der Waals surface area contributed by atoms with Gasteiger partial charge in [-0.25, -0.2) is 4.39 Å². The summed E-state index contributed by atoms with van der Waals surface area (Å²) in [6, 6.07) is 10.7. The lowest BCUT2D eigenvalue weighted by molar-refractivity contribution is -0.144. The smallest absolute Gasteiger partial charge is 0.310 e. The third-order valence-electron chi connectivity index (χ3n) is 3.20. The van der Waals surface area contributed by atoms with Crippen LogP contribution in [0.15, 0.2) is 42.5 Å². The molecular formula is C17H16FNO4. The number of benzene rings is 2. The van der Waals surface area contributed by atoms with Crippen LogP contribution in [0.2, 0.25) is 0 Å². The molecule has 0 bridgehead atoms. The summed E-state index contributed by atoms with van der Waals surface area (Å²) in [4.78, 5) is 22.7. The number of halogens is 1. The molecule has 1 amide bonds.